The number of allylic oxidation sites excluding steroid dienone is 1. The Morgan fingerprint density at radius 3 is 2.70 bits per heavy atom. The van der Waals surface area contributed by atoms with Crippen molar-refractivity contribution in [1.29, 1.82) is 0 Å². The van der Waals surface area contributed by atoms with Crippen molar-refractivity contribution in [3.63, 3.8) is 0 Å². The minimum atomic E-state index is -0.236. The molecule has 4 aromatic rings. The van der Waals surface area contributed by atoms with E-state index in [-0.39, 0.29) is 6.10 Å². The minimum absolute atomic E-state index is 0.236. The van der Waals surface area contributed by atoms with Gasteiger partial charge in [0.05, 0.1) is 5.69 Å². The van der Waals surface area contributed by atoms with E-state index in [1.54, 1.807) is 23.1 Å². The second-order valence-electron chi connectivity index (χ2n) is 8.02. The van der Waals surface area contributed by atoms with Gasteiger partial charge < -0.3 is 4.74 Å². The summed E-state index contributed by atoms with van der Waals surface area (Å²) in [5.41, 5.74) is 5.79. The third-order valence-corrected chi connectivity index (χ3v) is 7.26. The van der Waals surface area contributed by atoms with Crippen molar-refractivity contribution < 1.29 is 4.74 Å². The van der Waals surface area contributed by atoms with Crippen LogP contribution < -0.4 is 4.74 Å². The van der Waals surface area contributed by atoms with Gasteiger partial charge in [0.15, 0.2) is 17.1 Å². The SMILES string of the molecule is C=CCn1c(SCc2csc(-c3ccccc3C)n2)nnc1C(C)Oc1ccc(C)cc1C. The van der Waals surface area contributed by atoms with Gasteiger partial charge in [0, 0.05) is 23.2 Å². The van der Waals surface area contributed by atoms with Crippen molar-refractivity contribution in [2.45, 2.75) is 51.3 Å². The lowest BCUT2D eigenvalue weighted by atomic mass is 10.1. The molecule has 0 radical (unpaired) electrons. The fraction of sp³-hybridized carbons (Fsp3) is 0.269. The zero-order chi connectivity index (χ0) is 23.4. The predicted octanol–water partition coefficient (Wildman–Crippen LogP) is 6.95. The first kappa shape index (κ1) is 23.3. The molecule has 1 atom stereocenters. The summed E-state index contributed by atoms with van der Waals surface area (Å²) in [6, 6.07) is 14.5. The molecule has 0 saturated carbocycles. The summed E-state index contributed by atoms with van der Waals surface area (Å²) in [6.45, 7) is 12.8. The molecule has 2 heterocycles. The summed E-state index contributed by atoms with van der Waals surface area (Å²) in [5.74, 6) is 2.38. The summed E-state index contributed by atoms with van der Waals surface area (Å²) in [7, 11) is 0. The molecule has 5 nitrogen and oxygen atoms in total. The third-order valence-electron chi connectivity index (χ3n) is 5.33. The van der Waals surface area contributed by atoms with E-state index >= 15 is 0 Å². The van der Waals surface area contributed by atoms with Gasteiger partial charge in [-0.3, -0.25) is 4.57 Å². The Labute approximate surface area is 203 Å². The maximum Gasteiger partial charge on any atom is 0.192 e. The largest absolute Gasteiger partial charge is 0.482 e. The average molecular weight is 477 g/mol. The Balaban J connectivity index is 1.49. The second-order valence-corrected chi connectivity index (χ2v) is 9.82. The quantitative estimate of drug-likeness (QED) is 0.193. The number of aromatic nitrogens is 4. The van der Waals surface area contributed by atoms with Crippen LogP contribution in [0.4, 0.5) is 0 Å². The number of rotatable bonds is 9. The van der Waals surface area contributed by atoms with Crippen LogP contribution in [0.15, 0.2) is 65.7 Å². The van der Waals surface area contributed by atoms with E-state index in [2.05, 4.69) is 83.9 Å². The van der Waals surface area contributed by atoms with Gasteiger partial charge in [-0.25, -0.2) is 4.98 Å². The molecule has 1 unspecified atom stereocenters. The van der Waals surface area contributed by atoms with Gasteiger partial charge in [0.1, 0.15) is 10.8 Å². The minimum Gasteiger partial charge on any atom is -0.482 e. The summed E-state index contributed by atoms with van der Waals surface area (Å²) in [6.07, 6.45) is 1.63. The molecule has 0 aliphatic heterocycles. The third kappa shape index (κ3) is 5.37. The van der Waals surface area contributed by atoms with Gasteiger partial charge >= 0.3 is 0 Å². The van der Waals surface area contributed by atoms with E-state index in [0.717, 1.165) is 38.7 Å². The van der Waals surface area contributed by atoms with E-state index in [1.807, 2.05) is 19.1 Å². The van der Waals surface area contributed by atoms with E-state index in [9.17, 15) is 0 Å². The molecule has 0 fully saturated rings. The van der Waals surface area contributed by atoms with Crippen LogP contribution in [0.1, 0.15) is 41.2 Å². The molecule has 0 aliphatic carbocycles. The van der Waals surface area contributed by atoms with Gasteiger partial charge in [-0.05, 0) is 44.9 Å². The summed E-state index contributed by atoms with van der Waals surface area (Å²) in [4.78, 5) is 4.84. The van der Waals surface area contributed by atoms with Gasteiger partial charge in [-0.1, -0.05) is 59.8 Å². The van der Waals surface area contributed by atoms with Crippen LogP contribution in [-0.2, 0) is 12.3 Å². The fourth-order valence-electron chi connectivity index (χ4n) is 3.63. The van der Waals surface area contributed by atoms with Crippen LogP contribution in [0.3, 0.4) is 0 Å². The van der Waals surface area contributed by atoms with Crippen molar-refractivity contribution in [2.24, 2.45) is 0 Å². The normalized spacial score (nSPS) is 12.0. The van der Waals surface area contributed by atoms with Gasteiger partial charge in [0.2, 0.25) is 0 Å². The Morgan fingerprint density at radius 1 is 1.12 bits per heavy atom. The first-order chi connectivity index (χ1) is 16.0. The molecule has 0 saturated heterocycles. The zero-order valence-electron chi connectivity index (χ0n) is 19.4. The van der Waals surface area contributed by atoms with Crippen LogP contribution in [-0.4, -0.2) is 19.7 Å². The lowest BCUT2D eigenvalue weighted by molar-refractivity contribution is 0.209. The molecular weight excluding hydrogens is 448 g/mol. The molecule has 0 amide bonds. The molecule has 0 bridgehead atoms. The van der Waals surface area contributed by atoms with E-state index in [0.29, 0.717) is 6.54 Å². The molecule has 4 rings (SSSR count). The zero-order valence-corrected chi connectivity index (χ0v) is 21.0. The molecule has 7 heteroatoms. The van der Waals surface area contributed by atoms with Crippen LogP contribution in [0.5, 0.6) is 5.75 Å². The van der Waals surface area contributed by atoms with Gasteiger partial charge in [0.25, 0.3) is 0 Å². The van der Waals surface area contributed by atoms with Crippen molar-refractivity contribution in [2.75, 3.05) is 0 Å². The van der Waals surface area contributed by atoms with Crippen LogP contribution in [0, 0.1) is 20.8 Å². The van der Waals surface area contributed by atoms with Crippen LogP contribution in [0.2, 0.25) is 0 Å². The highest BCUT2D eigenvalue weighted by atomic mass is 32.2. The number of ether oxygens (including phenoxy) is 1. The van der Waals surface area contributed by atoms with Gasteiger partial charge in [-0.2, -0.15) is 0 Å². The summed E-state index contributed by atoms with van der Waals surface area (Å²) < 4.78 is 8.31. The molecule has 2 aromatic heterocycles. The smallest absolute Gasteiger partial charge is 0.192 e. The highest BCUT2D eigenvalue weighted by molar-refractivity contribution is 7.98. The lowest BCUT2D eigenvalue weighted by Gasteiger charge is -2.17. The Morgan fingerprint density at radius 2 is 1.94 bits per heavy atom. The Kier molecular flexibility index (Phi) is 7.30. The molecule has 2 aromatic carbocycles. The standard InChI is InChI=1S/C26H28N4OS2/c1-6-13-30-24(20(5)31-23-12-11-17(2)14-19(23)4)28-29-26(30)33-16-21-15-32-25(27-21)22-10-8-7-9-18(22)3/h6-12,14-15,20H,1,13,16H2,2-5H3. The number of hydrogen-bond acceptors (Lipinski definition) is 6. The topological polar surface area (TPSA) is 52.8 Å². The number of nitrogens with zero attached hydrogens (tertiary/aromatic N) is 4. The monoisotopic (exact) mass is 476 g/mol. The molecule has 0 N–H and O–H groups in total. The van der Waals surface area contributed by atoms with Crippen molar-refractivity contribution in [1.82, 2.24) is 19.7 Å². The highest BCUT2D eigenvalue weighted by Crippen LogP contribution is 2.31. The number of thioether (sulfide) groups is 1. The van der Waals surface area contributed by atoms with E-state index in [4.69, 9.17) is 9.72 Å². The summed E-state index contributed by atoms with van der Waals surface area (Å²) in [5, 5.41) is 12.9. The fourth-order valence-corrected chi connectivity index (χ4v) is 5.49. The van der Waals surface area contributed by atoms with Crippen molar-refractivity contribution >= 4 is 23.1 Å². The maximum atomic E-state index is 6.24. The molecule has 0 aliphatic rings. The number of aryl methyl sites for hydroxylation is 3. The molecular formula is C26H28N4OS2. The van der Waals surface area contributed by atoms with Crippen LogP contribution in [0.25, 0.3) is 10.6 Å². The first-order valence-corrected chi connectivity index (χ1v) is 12.7. The molecule has 170 valence electrons. The van der Waals surface area contributed by atoms with Gasteiger partial charge in [-0.15, -0.1) is 28.1 Å². The van der Waals surface area contributed by atoms with E-state index in [1.165, 1.54) is 16.7 Å². The predicted molar refractivity (Wildman–Crippen MR) is 137 cm³/mol. The Hall–Kier alpha value is -2.90. The second kappa shape index (κ2) is 10.4. The van der Waals surface area contributed by atoms with Crippen molar-refractivity contribution in [3.05, 3.63) is 88.7 Å². The van der Waals surface area contributed by atoms with E-state index < -0.39 is 0 Å². The lowest BCUT2D eigenvalue weighted by Crippen LogP contribution is -2.12. The Bertz CT molecular complexity index is 1260. The molecule has 0 spiro atoms. The highest BCUT2D eigenvalue weighted by Gasteiger charge is 2.20. The number of benzene rings is 2. The number of thiazole rings is 1. The number of hydrogen-bond donors (Lipinski definition) is 0. The first-order valence-electron chi connectivity index (χ1n) is 10.9. The summed E-state index contributed by atoms with van der Waals surface area (Å²) >= 11 is 3.31. The van der Waals surface area contributed by atoms with Crippen molar-refractivity contribution in [3.8, 4) is 16.3 Å². The van der Waals surface area contributed by atoms with Crippen LogP contribution >= 0.6 is 23.1 Å². The molecule has 33 heavy (non-hydrogen) atoms. The average Bonchev–Trinajstić information content (AvgIpc) is 3.42. The maximum absolute atomic E-state index is 6.24.